The molecule has 4 nitrogen and oxygen atoms in total. The molecule has 0 amide bonds. The van der Waals surface area contributed by atoms with Crippen molar-refractivity contribution in [3.05, 3.63) is 41.3 Å². The number of nitrogens with zero attached hydrogens (tertiary/aromatic N) is 1. The summed E-state index contributed by atoms with van der Waals surface area (Å²) in [5.41, 5.74) is 8.20. The van der Waals surface area contributed by atoms with Gasteiger partial charge in [-0.25, -0.2) is 4.98 Å². The number of benzene rings is 1. The van der Waals surface area contributed by atoms with Gasteiger partial charge in [0.1, 0.15) is 10.6 Å². The third kappa shape index (κ3) is 2.02. The molecule has 0 unspecified atom stereocenters. The summed E-state index contributed by atoms with van der Waals surface area (Å²) in [6.07, 6.45) is 0.771. The SMILES string of the molecule is COc1cccc(-c2ccc3c(N)c(C=O)sc3n2)c1. The van der Waals surface area contributed by atoms with E-state index < -0.39 is 0 Å². The van der Waals surface area contributed by atoms with Crippen LogP contribution in [0.4, 0.5) is 5.69 Å². The van der Waals surface area contributed by atoms with Crippen LogP contribution >= 0.6 is 11.3 Å². The zero-order valence-corrected chi connectivity index (χ0v) is 11.6. The van der Waals surface area contributed by atoms with Gasteiger partial charge in [0.15, 0.2) is 6.29 Å². The van der Waals surface area contributed by atoms with E-state index in [1.54, 1.807) is 7.11 Å². The van der Waals surface area contributed by atoms with Crippen molar-refractivity contribution in [3.63, 3.8) is 0 Å². The summed E-state index contributed by atoms with van der Waals surface area (Å²) in [5.74, 6) is 0.781. The van der Waals surface area contributed by atoms with E-state index >= 15 is 0 Å². The Bertz CT molecular complexity index is 796. The van der Waals surface area contributed by atoms with Crippen LogP contribution in [-0.2, 0) is 0 Å². The van der Waals surface area contributed by atoms with Gasteiger partial charge >= 0.3 is 0 Å². The average molecular weight is 284 g/mol. The average Bonchev–Trinajstić information content (AvgIpc) is 2.83. The first-order valence-electron chi connectivity index (χ1n) is 6.01. The van der Waals surface area contributed by atoms with Crippen molar-refractivity contribution in [1.29, 1.82) is 0 Å². The number of pyridine rings is 1. The number of methoxy groups -OCH3 is 1. The Morgan fingerprint density at radius 1 is 1.30 bits per heavy atom. The van der Waals surface area contributed by atoms with E-state index in [1.807, 2.05) is 36.4 Å². The van der Waals surface area contributed by atoms with E-state index in [0.29, 0.717) is 10.6 Å². The van der Waals surface area contributed by atoms with E-state index in [2.05, 4.69) is 4.98 Å². The molecule has 3 aromatic rings. The fraction of sp³-hybridized carbons (Fsp3) is 0.0667. The molecule has 0 radical (unpaired) electrons. The summed E-state index contributed by atoms with van der Waals surface area (Å²) < 4.78 is 5.21. The van der Waals surface area contributed by atoms with Gasteiger partial charge in [-0.15, -0.1) is 11.3 Å². The number of rotatable bonds is 3. The first-order chi connectivity index (χ1) is 9.72. The fourth-order valence-electron chi connectivity index (χ4n) is 2.05. The maximum Gasteiger partial charge on any atom is 0.162 e. The Balaban J connectivity index is 2.14. The normalized spacial score (nSPS) is 10.7. The molecule has 20 heavy (non-hydrogen) atoms. The maximum absolute atomic E-state index is 10.9. The van der Waals surface area contributed by atoms with E-state index in [-0.39, 0.29) is 0 Å². The summed E-state index contributed by atoms with van der Waals surface area (Å²) >= 11 is 1.31. The number of anilines is 1. The lowest BCUT2D eigenvalue weighted by Gasteiger charge is -2.04. The van der Waals surface area contributed by atoms with Gasteiger partial charge in [0.2, 0.25) is 0 Å². The van der Waals surface area contributed by atoms with Gasteiger partial charge in [0.25, 0.3) is 0 Å². The van der Waals surface area contributed by atoms with E-state index in [0.717, 1.165) is 33.5 Å². The van der Waals surface area contributed by atoms with Gasteiger partial charge in [-0.3, -0.25) is 4.79 Å². The molecular formula is C15H12N2O2S. The molecule has 0 aliphatic carbocycles. The lowest BCUT2D eigenvalue weighted by atomic mass is 10.1. The van der Waals surface area contributed by atoms with Crippen LogP contribution in [0, 0.1) is 0 Å². The number of hydrogen-bond acceptors (Lipinski definition) is 5. The number of aldehydes is 1. The van der Waals surface area contributed by atoms with Crippen molar-refractivity contribution >= 4 is 33.5 Å². The predicted molar refractivity (Wildman–Crippen MR) is 81.4 cm³/mol. The van der Waals surface area contributed by atoms with E-state index in [1.165, 1.54) is 11.3 Å². The molecule has 1 aromatic carbocycles. The third-order valence-corrected chi connectivity index (χ3v) is 4.14. The monoisotopic (exact) mass is 284 g/mol. The van der Waals surface area contributed by atoms with Crippen LogP contribution in [0.3, 0.4) is 0 Å². The lowest BCUT2D eigenvalue weighted by molar-refractivity contribution is 0.112. The number of carbonyl (C=O) groups excluding carboxylic acids is 1. The highest BCUT2D eigenvalue weighted by Crippen LogP contribution is 2.33. The zero-order chi connectivity index (χ0) is 14.1. The van der Waals surface area contributed by atoms with Gasteiger partial charge in [0, 0.05) is 10.9 Å². The molecule has 0 saturated heterocycles. The Hall–Kier alpha value is -2.40. The Labute approximate surface area is 119 Å². The van der Waals surface area contributed by atoms with Crippen molar-refractivity contribution in [2.75, 3.05) is 12.8 Å². The summed E-state index contributed by atoms with van der Waals surface area (Å²) in [5, 5.41) is 0.823. The van der Waals surface area contributed by atoms with Crippen molar-refractivity contribution < 1.29 is 9.53 Å². The molecule has 2 N–H and O–H groups in total. The molecule has 0 saturated carbocycles. The quantitative estimate of drug-likeness (QED) is 0.749. The number of carbonyl (C=O) groups is 1. The van der Waals surface area contributed by atoms with E-state index in [9.17, 15) is 4.79 Å². The summed E-state index contributed by atoms with van der Waals surface area (Å²) in [6, 6.07) is 11.5. The van der Waals surface area contributed by atoms with Crippen LogP contribution in [0.1, 0.15) is 9.67 Å². The highest BCUT2D eigenvalue weighted by molar-refractivity contribution is 7.20. The first kappa shape index (κ1) is 12.6. The van der Waals surface area contributed by atoms with Crippen LogP contribution in [0.2, 0.25) is 0 Å². The summed E-state index contributed by atoms with van der Waals surface area (Å²) in [7, 11) is 1.63. The van der Waals surface area contributed by atoms with E-state index in [4.69, 9.17) is 10.5 Å². The minimum atomic E-state index is 0.504. The molecule has 0 aliphatic heterocycles. The summed E-state index contributed by atoms with van der Waals surface area (Å²) in [6.45, 7) is 0. The fourth-order valence-corrected chi connectivity index (χ4v) is 2.95. The highest BCUT2D eigenvalue weighted by atomic mass is 32.1. The number of hydrogen-bond donors (Lipinski definition) is 1. The largest absolute Gasteiger partial charge is 0.497 e. The van der Waals surface area contributed by atoms with Crippen molar-refractivity contribution in [1.82, 2.24) is 4.98 Å². The Morgan fingerprint density at radius 3 is 2.90 bits per heavy atom. The molecule has 3 rings (SSSR count). The number of thiophene rings is 1. The van der Waals surface area contributed by atoms with Gasteiger partial charge in [-0.2, -0.15) is 0 Å². The maximum atomic E-state index is 10.9. The van der Waals surface area contributed by atoms with Crippen LogP contribution in [0.5, 0.6) is 5.75 Å². The molecule has 0 fully saturated rings. The predicted octanol–water partition coefficient (Wildman–Crippen LogP) is 3.37. The van der Waals surface area contributed by atoms with Crippen molar-refractivity contribution in [3.8, 4) is 17.0 Å². The van der Waals surface area contributed by atoms with Crippen LogP contribution < -0.4 is 10.5 Å². The van der Waals surface area contributed by atoms with Crippen LogP contribution in [0.15, 0.2) is 36.4 Å². The lowest BCUT2D eigenvalue weighted by Crippen LogP contribution is -1.88. The Kier molecular flexibility index (Phi) is 3.12. The first-order valence-corrected chi connectivity index (χ1v) is 6.83. The van der Waals surface area contributed by atoms with Crippen LogP contribution in [0.25, 0.3) is 21.5 Å². The molecular weight excluding hydrogens is 272 g/mol. The molecule has 0 atom stereocenters. The third-order valence-electron chi connectivity index (χ3n) is 3.10. The second-order valence-corrected chi connectivity index (χ2v) is 5.31. The molecule has 100 valence electrons. The highest BCUT2D eigenvalue weighted by Gasteiger charge is 2.11. The molecule has 0 spiro atoms. The van der Waals surface area contributed by atoms with Crippen molar-refractivity contribution in [2.45, 2.75) is 0 Å². The van der Waals surface area contributed by atoms with Gasteiger partial charge in [-0.05, 0) is 24.3 Å². The zero-order valence-electron chi connectivity index (χ0n) is 10.8. The van der Waals surface area contributed by atoms with Crippen molar-refractivity contribution in [2.24, 2.45) is 0 Å². The smallest absolute Gasteiger partial charge is 0.162 e. The number of fused-ring (bicyclic) bond motifs is 1. The molecule has 2 aromatic heterocycles. The second-order valence-electron chi connectivity index (χ2n) is 4.28. The van der Waals surface area contributed by atoms with Gasteiger partial charge in [-0.1, -0.05) is 12.1 Å². The second kappa shape index (κ2) is 4.94. The topological polar surface area (TPSA) is 65.2 Å². The van der Waals surface area contributed by atoms with Crippen LogP contribution in [-0.4, -0.2) is 18.4 Å². The number of aromatic nitrogens is 1. The minimum absolute atomic E-state index is 0.504. The molecule has 0 aliphatic rings. The van der Waals surface area contributed by atoms with Gasteiger partial charge < -0.3 is 10.5 Å². The standard InChI is InChI=1S/C15H12N2O2S/c1-19-10-4-2-3-9(7-10)12-6-5-11-14(16)13(8-18)20-15(11)17-12/h2-8H,16H2,1H3. The summed E-state index contributed by atoms with van der Waals surface area (Å²) in [4.78, 5) is 16.8. The number of nitrogen functional groups attached to an aromatic ring is 1. The minimum Gasteiger partial charge on any atom is -0.497 e. The number of ether oxygens (including phenoxy) is 1. The molecule has 2 heterocycles. The molecule has 5 heteroatoms. The number of nitrogens with two attached hydrogens (primary N) is 1. The molecule has 0 bridgehead atoms. The Morgan fingerprint density at radius 2 is 2.15 bits per heavy atom. The van der Waals surface area contributed by atoms with Gasteiger partial charge in [0.05, 0.1) is 23.4 Å².